The van der Waals surface area contributed by atoms with Crippen LogP contribution in [0.3, 0.4) is 0 Å². The van der Waals surface area contributed by atoms with E-state index in [9.17, 15) is 13.2 Å². The van der Waals surface area contributed by atoms with Crippen LogP contribution in [0, 0.1) is 0 Å². The molecule has 0 bridgehead atoms. The molecule has 3 rings (SSSR count). The zero-order chi connectivity index (χ0) is 19.3. The van der Waals surface area contributed by atoms with Crippen LogP contribution in [0.25, 0.3) is 0 Å². The van der Waals surface area contributed by atoms with Crippen molar-refractivity contribution in [3.63, 3.8) is 0 Å². The van der Waals surface area contributed by atoms with Gasteiger partial charge in [-0.3, -0.25) is 0 Å². The summed E-state index contributed by atoms with van der Waals surface area (Å²) in [7, 11) is -2.04. The Balaban J connectivity index is 1.75. The quantitative estimate of drug-likeness (QED) is 0.578. The van der Waals surface area contributed by atoms with Crippen molar-refractivity contribution in [3.05, 3.63) is 54.1 Å². The van der Waals surface area contributed by atoms with Crippen LogP contribution in [0.15, 0.2) is 53.4 Å². The van der Waals surface area contributed by atoms with Gasteiger partial charge < -0.3 is 9.47 Å². The van der Waals surface area contributed by atoms with Gasteiger partial charge in [-0.25, -0.2) is 13.2 Å². The third-order valence-corrected chi connectivity index (χ3v) is 6.48. The molecule has 0 aliphatic carbocycles. The summed E-state index contributed by atoms with van der Waals surface area (Å²) < 4.78 is 37.6. The van der Waals surface area contributed by atoms with Gasteiger partial charge in [0.2, 0.25) is 10.0 Å². The normalized spacial score (nSPS) is 15.7. The number of benzene rings is 2. The van der Waals surface area contributed by atoms with Gasteiger partial charge in [0.15, 0.2) is 11.5 Å². The van der Waals surface area contributed by atoms with E-state index in [1.54, 1.807) is 24.3 Å². The highest BCUT2D eigenvalue weighted by Crippen LogP contribution is 2.27. The zero-order valence-corrected chi connectivity index (χ0v) is 16.1. The first kappa shape index (κ1) is 19.4. The number of nitrogens with zero attached hydrogens (tertiary/aromatic N) is 1. The van der Waals surface area contributed by atoms with Crippen LogP contribution in [-0.4, -0.2) is 38.9 Å². The van der Waals surface area contributed by atoms with Gasteiger partial charge in [0, 0.05) is 13.1 Å². The molecule has 1 aliphatic rings. The smallest absolute Gasteiger partial charge is 0.343 e. The topological polar surface area (TPSA) is 72.9 Å². The van der Waals surface area contributed by atoms with Gasteiger partial charge in [-0.15, -0.1) is 0 Å². The summed E-state index contributed by atoms with van der Waals surface area (Å²) >= 11 is 0. The first-order chi connectivity index (χ1) is 13.0. The van der Waals surface area contributed by atoms with Gasteiger partial charge in [0.1, 0.15) is 0 Å². The molecular formula is C20H23NO5S. The second-order valence-electron chi connectivity index (χ2n) is 6.38. The predicted octanol–water partition coefficient (Wildman–Crippen LogP) is 3.48. The molecule has 27 heavy (non-hydrogen) atoms. The molecule has 0 radical (unpaired) electrons. The fraction of sp³-hybridized carbons (Fsp3) is 0.350. The van der Waals surface area contributed by atoms with E-state index in [1.807, 2.05) is 0 Å². The minimum absolute atomic E-state index is 0.193. The van der Waals surface area contributed by atoms with Crippen molar-refractivity contribution < 1.29 is 22.7 Å². The molecule has 0 unspecified atom stereocenters. The number of para-hydroxylation sites is 2. The van der Waals surface area contributed by atoms with E-state index in [-0.39, 0.29) is 10.5 Å². The third kappa shape index (κ3) is 4.48. The average molecular weight is 389 g/mol. The maximum absolute atomic E-state index is 12.8. The van der Waals surface area contributed by atoms with E-state index >= 15 is 0 Å². The van der Waals surface area contributed by atoms with Gasteiger partial charge in [0.05, 0.1) is 17.6 Å². The number of sulfonamides is 1. The monoisotopic (exact) mass is 389 g/mol. The number of hydrogen-bond donors (Lipinski definition) is 0. The maximum atomic E-state index is 12.8. The standard InChI is InChI=1S/C20H23NO5S/c1-25-18-8-4-5-9-19(18)26-20(22)16-10-12-17(13-11-16)27(23,24)21-14-6-2-3-7-15-21/h4-5,8-13H,2-3,6-7,14-15H2,1H3. The Labute approximate surface area is 159 Å². The molecule has 1 fully saturated rings. The van der Waals surface area contributed by atoms with E-state index in [2.05, 4.69) is 0 Å². The lowest BCUT2D eigenvalue weighted by Gasteiger charge is -2.20. The SMILES string of the molecule is COc1ccccc1OC(=O)c1ccc(S(=O)(=O)N2CCCCCC2)cc1. The minimum atomic E-state index is -3.54. The largest absolute Gasteiger partial charge is 0.493 e. The second-order valence-corrected chi connectivity index (χ2v) is 8.32. The van der Waals surface area contributed by atoms with Crippen LogP contribution in [-0.2, 0) is 10.0 Å². The molecule has 1 heterocycles. The number of hydrogen-bond acceptors (Lipinski definition) is 5. The Morgan fingerprint density at radius 3 is 2.07 bits per heavy atom. The molecular weight excluding hydrogens is 366 g/mol. The molecule has 0 amide bonds. The van der Waals surface area contributed by atoms with Crippen molar-refractivity contribution in [3.8, 4) is 11.5 Å². The molecule has 6 nitrogen and oxygen atoms in total. The molecule has 2 aromatic carbocycles. The number of esters is 1. The second kappa shape index (κ2) is 8.54. The summed E-state index contributed by atoms with van der Waals surface area (Å²) in [5.41, 5.74) is 0.274. The summed E-state index contributed by atoms with van der Waals surface area (Å²) in [4.78, 5) is 12.5. The van der Waals surface area contributed by atoms with Crippen molar-refractivity contribution in [2.45, 2.75) is 30.6 Å². The van der Waals surface area contributed by atoms with Gasteiger partial charge in [-0.1, -0.05) is 25.0 Å². The van der Waals surface area contributed by atoms with E-state index in [4.69, 9.17) is 9.47 Å². The number of methoxy groups -OCH3 is 1. The van der Waals surface area contributed by atoms with E-state index < -0.39 is 16.0 Å². The molecule has 1 aliphatic heterocycles. The summed E-state index contributed by atoms with van der Waals surface area (Å²) in [5, 5.41) is 0. The van der Waals surface area contributed by atoms with Crippen molar-refractivity contribution >= 4 is 16.0 Å². The van der Waals surface area contributed by atoms with Crippen LogP contribution in [0.2, 0.25) is 0 Å². The Bertz CT molecular complexity index is 885. The van der Waals surface area contributed by atoms with Gasteiger partial charge in [-0.05, 0) is 49.2 Å². The Kier molecular flexibility index (Phi) is 6.13. The molecule has 0 saturated carbocycles. The molecule has 0 atom stereocenters. The van der Waals surface area contributed by atoms with Crippen LogP contribution >= 0.6 is 0 Å². The summed E-state index contributed by atoms with van der Waals surface area (Å²) in [5.74, 6) is 0.190. The average Bonchev–Trinajstić information content (AvgIpc) is 2.98. The molecule has 7 heteroatoms. The molecule has 1 saturated heterocycles. The van der Waals surface area contributed by atoms with Crippen molar-refractivity contribution in [1.82, 2.24) is 4.31 Å². The fourth-order valence-electron chi connectivity index (χ4n) is 3.06. The maximum Gasteiger partial charge on any atom is 0.343 e. The highest BCUT2D eigenvalue weighted by Gasteiger charge is 2.25. The van der Waals surface area contributed by atoms with Crippen LogP contribution < -0.4 is 9.47 Å². The summed E-state index contributed by atoms with van der Waals surface area (Å²) in [6.07, 6.45) is 3.87. The van der Waals surface area contributed by atoms with Crippen LogP contribution in [0.1, 0.15) is 36.0 Å². The van der Waals surface area contributed by atoms with Gasteiger partial charge in [0.25, 0.3) is 0 Å². The number of carbonyl (C=O) groups excluding carboxylic acids is 1. The highest BCUT2D eigenvalue weighted by molar-refractivity contribution is 7.89. The lowest BCUT2D eigenvalue weighted by Crippen LogP contribution is -2.31. The van der Waals surface area contributed by atoms with Gasteiger partial charge in [-0.2, -0.15) is 4.31 Å². The van der Waals surface area contributed by atoms with Crippen molar-refractivity contribution in [2.24, 2.45) is 0 Å². The van der Waals surface area contributed by atoms with E-state index in [0.29, 0.717) is 24.6 Å². The van der Waals surface area contributed by atoms with Crippen LogP contribution in [0.5, 0.6) is 11.5 Å². The van der Waals surface area contributed by atoms with E-state index in [0.717, 1.165) is 25.7 Å². The van der Waals surface area contributed by atoms with Crippen molar-refractivity contribution in [1.29, 1.82) is 0 Å². The van der Waals surface area contributed by atoms with Gasteiger partial charge >= 0.3 is 5.97 Å². The summed E-state index contributed by atoms with van der Waals surface area (Å²) in [6.45, 7) is 1.08. The number of carbonyl (C=O) groups is 1. The summed E-state index contributed by atoms with van der Waals surface area (Å²) in [6, 6.07) is 12.7. The first-order valence-electron chi connectivity index (χ1n) is 8.98. The molecule has 0 spiro atoms. The number of ether oxygens (including phenoxy) is 2. The lowest BCUT2D eigenvalue weighted by atomic mass is 10.2. The first-order valence-corrected chi connectivity index (χ1v) is 10.4. The molecule has 0 N–H and O–H groups in total. The lowest BCUT2D eigenvalue weighted by molar-refractivity contribution is 0.0729. The molecule has 2 aromatic rings. The van der Waals surface area contributed by atoms with Crippen molar-refractivity contribution in [2.75, 3.05) is 20.2 Å². The molecule has 0 aromatic heterocycles. The Morgan fingerprint density at radius 1 is 0.889 bits per heavy atom. The third-order valence-electron chi connectivity index (χ3n) is 4.56. The zero-order valence-electron chi connectivity index (χ0n) is 15.3. The molecule has 144 valence electrons. The van der Waals surface area contributed by atoms with Crippen LogP contribution in [0.4, 0.5) is 0 Å². The number of rotatable bonds is 5. The fourth-order valence-corrected chi connectivity index (χ4v) is 4.57. The predicted molar refractivity (Wildman–Crippen MR) is 102 cm³/mol. The minimum Gasteiger partial charge on any atom is -0.493 e. The Hall–Kier alpha value is -2.38. The van der Waals surface area contributed by atoms with E-state index in [1.165, 1.54) is 35.7 Å². The highest BCUT2D eigenvalue weighted by atomic mass is 32.2. The Morgan fingerprint density at radius 2 is 1.48 bits per heavy atom.